The minimum Gasteiger partial charge on any atom is -0.492 e. The number of hydrogen-bond acceptors (Lipinski definition) is 3. The number of nitrogens with zero attached hydrogens (tertiary/aromatic N) is 1. The van der Waals surface area contributed by atoms with Gasteiger partial charge in [-0.1, -0.05) is 18.2 Å². The summed E-state index contributed by atoms with van der Waals surface area (Å²) in [4.78, 5) is 13.5. The SMILES string of the molecule is O=C1CC(CS)CN1CCOc1ccccc1. The summed E-state index contributed by atoms with van der Waals surface area (Å²) < 4.78 is 5.57. The van der Waals surface area contributed by atoms with Crippen molar-refractivity contribution in [3.05, 3.63) is 30.3 Å². The second kappa shape index (κ2) is 5.96. The van der Waals surface area contributed by atoms with Crippen LogP contribution in [0.4, 0.5) is 0 Å². The van der Waals surface area contributed by atoms with Crippen molar-refractivity contribution in [2.75, 3.05) is 25.4 Å². The Morgan fingerprint density at radius 2 is 2.12 bits per heavy atom. The molecule has 3 nitrogen and oxygen atoms in total. The molecule has 1 saturated heterocycles. The topological polar surface area (TPSA) is 29.5 Å². The fourth-order valence-electron chi connectivity index (χ4n) is 1.98. The molecule has 1 aromatic rings. The molecule has 1 aliphatic rings. The third kappa shape index (κ3) is 3.40. The van der Waals surface area contributed by atoms with E-state index in [1.54, 1.807) is 0 Å². The Kier molecular flexibility index (Phi) is 4.31. The van der Waals surface area contributed by atoms with Gasteiger partial charge in [-0.3, -0.25) is 4.79 Å². The van der Waals surface area contributed by atoms with Crippen LogP contribution in [-0.4, -0.2) is 36.3 Å². The number of likely N-dealkylation sites (tertiary alicyclic amines) is 1. The monoisotopic (exact) mass is 251 g/mol. The molecular weight excluding hydrogens is 234 g/mol. The van der Waals surface area contributed by atoms with Crippen molar-refractivity contribution in [1.82, 2.24) is 4.90 Å². The van der Waals surface area contributed by atoms with E-state index >= 15 is 0 Å². The molecule has 0 spiro atoms. The average Bonchev–Trinajstić information content (AvgIpc) is 2.72. The average molecular weight is 251 g/mol. The molecule has 92 valence electrons. The Morgan fingerprint density at radius 3 is 2.76 bits per heavy atom. The first-order chi connectivity index (χ1) is 8.29. The summed E-state index contributed by atoms with van der Waals surface area (Å²) in [6.07, 6.45) is 0.634. The predicted molar refractivity (Wildman–Crippen MR) is 70.5 cm³/mol. The number of amides is 1. The lowest BCUT2D eigenvalue weighted by Gasteiger charge is -2.16. The quantitative estimate of drug-likeness (QED) is 0.809. The van der Waals surface area contributed by atoms with Crippen LogP contribution >= 0.6 is 12.6 Å². The molecule has 2 rings (SSSR count). The number of carbonyl (C=O) groups excluding carboxylic acids is 1. The van der Waals surface area contributed by atoms with Gasteiger partial charge in [0.1, 0.15) is 12.4 Å². The van der Waals surface area contributed by atoms with E-state index in [-0.39, 0.29) is 5.91 Å². The van der Waals surface area contributed by atoms with E-state index in [4.69, 9.17) is 4.74 Å². The van der Waals surface area contributed by atoms with Gasteiger partial charge in [-0.25, -0.2) is 0 Å². The van der Waals surface area contributed by atoms with Crippen molar-refractivity contribution in [3.63, 3.8) is 0 Å². The summed E-state index contributed by atoms with van der Waals surface area (Å²) in [6.45, 7) is 2.04. The molecule has 0 saturated carbocycles. The Balaban J connectivity index is 1.74. The van der Waals surface area contributed by atoms with Crippen LogP contribution in [0, 0.1) is 5.92 Å². The maximum Gasteiger partial charge on any atom is 0.223 e. The van der Waals surface area contributed by atoms with Gasteiger partial charge in [0.15, 0.2) is 0 Å². The molecule has 0 N–H and O–H groups in total. The Hall–Kier alpha value is -1.16. The van der Waals surface area contributed by atoms with Crippen molar-refractivity contribution in [3.8, 4) is 5.75 Å². The molecule has 0 bridgehead atoms. The van der Waals surface area contributed by atoms with E-state index in [1.165, 1.54) is 0 Å². The van der Waals surface area contributed by atoms with Gasteiger partial charge >= 0.3 is 0 Å². The Labute approximate surface area is 107 Å². The minimum atomic E-state index is 0.223. The van der Waals surface area contributed by atoms with Crippen LogP contribution in [0.5, 0.6) is 5.75 Å². The summed E-state index contributed by atoms with van der Waals surface area (Å²) >= 11 is 4.24. The van der Waals surface area contributed by atoms with Crippen molar-refractivity contribution < 1.29 is 9.53 Å². The number of ether oxygens (including phenoxy) is 1. The van der Waals surface area contributed by atoms with Crippen molar-refractivity contribution in [2.45, 2.75) is 6.42 Å². The highest BCUT2D eigenvalue weighted by Crippen LogP contribution is 2.18. The van der Waals surface area contributed by atoms with Crippen LogP contribution < -0.4 is 4.74 Å². The molecular formula is C13H17NO2S. The first kappa shape index (κ1) is 12.3. The van der Waals surface area contributed by atoms with Crippen LogP contribution in [0.2, 0.25) is 0 Å². The molecule has 0 aromatic heterocycles. The summed E-state index contributed by atoms with van der Waals surface area (Å²) in [5, 5.41) is 0. The van der Waals surface area contributed by atoms with Crippen LogP contribution in [-0.2, 0) is 4.79 Å². The van der Waals surface area contributed by atoms with Gasteiger partial charge in [-0.15, -0.1) is 0 Å². The van der Waals surface area contributed by atoms with Gasteiger partial charge in [-0.05, 0) is 23.8 Å². The lowest BCUT2D eigenvalue weighted by Crippen LogP contribution is -2.30. The zero-order valence-electron chi connectivity index (χ0n) is 9.71. The fraction of sp³-hybridized carbons (Fsp3) is 0.462. The highest BCUT2D eigenvalue weighted by Gasteiger charge is 2.27. The van der Waals surface area contributed by atoms with Crippen molar-refractivity contribution in [2.24, 2.45) is 5.92 Å². The van der Waals surface area contributed by atoms with Gasteiger partial charge in [0.2, 0.25) is 5.91 Å². The van der Waals surface area contributed by atoms with Crippen LogP contribution in [0.15, 0.2) is 30.3 Å². The largest absolute Gasteiger partial charge is 0.492 e. The molecule has 0 radical (unpaired) electrons. The number of rotatable bonds is 5. The number of para-hydroxylation sites is 1. The van der Waals surface area contributed by atoms with E-state index in [0.29, 0.717) is 25.5 Å². The third-order valence-corrected chi connectivity index (χ3v) is 3.44. The highest BCUT2D eigenvalue weighted by molar-refractivity contribution is 7.80. The lowest BCUT2D eigenvalue weighted by molar-refractivity contribution is -0.128. The number of carbonyl (C=O) groups is 1. The van der Waals surface area contributed by atoms with E-state index < -0.39 is 0 Å². The van der Waals surface area contributed by atoms with Crippen LogP contribution in [0.25, 0.3) is 0 Å². The molecule has 1 amide bonds. The standard InChI is InChI=1S/C13H17NO2S/c15-13-8-11(10-17)9-14(13)6-7-16-12-4-2-1-3-5-12/h1-5,11,17H,6-10H2. The molecule has 1 aromatic carbocycles. The predicted octanol–water partition coefficient (Wildman–Crippen LogP) is 1.84. The number of hydrogen-bond donors (Lipinski definition) is 1. The minimum absolute atomic E-state index is 0.223. The maximum atomic E-state index is 11.6. The van der Waals surface area contributed by atoms with Gasteiger partial charge in [-0.2, -0.15) is 12.6 Å². The second-order valence-electron chi connectivity index (χ2n) is 4.25. The van der Waals surface area contributed by atoms with Gasteiger partial charge < -0.3 is 9.64 Å². The van der Waals surface area contributed by atoms with E-state index in [1.807, 2.05) is 35.2 Å². The summed E-state index contributed by atoms with van der Waals surface area (Å²) in [6, 6.07) is 9.67. The van der Waals surface area contributed by atoms with E-state index in [0.717, 1.165) is 18.0 Å². The van der Waals surface area contributed by atoms with Crippen LogP contribution in [0.1, 0.15) is 6.42 Å². The normalized spacial score (nSPS) is 19.7. The maximum absolute atomic E-state index is 11.6. The molecule has 1 fully saturated rings. The van der Waals surface area contributed by atoms with Crippen molar-refractivity contribution in [1.29, 1.82) is 0 Å². The molecule has 0 aliphatic carbocycles. The number of thiol groups is 1. The Bertz CT molecular complexity index is 369. The Morgan fingerprint density at radius 1 is 1.35 bits per heavy atom. The molecule has 1 atom stereocenters. The zero-order valence-corrected chi connectivity index (χ0v) is 10.6. The highest BCUT2D eigenvalue weighted by atomic mass is 32.1. The third-order valence-electron chi connectivity index (χ3n) is 2.93. The van der Waals surface area contributed by atoms with Gasteiger partial charge in [0.05, 0.1) is 6.54 Å². The molecule has 17 heavy (non-hydrogen) atoms. The summed E-state index contributed by atoms with van der Waals surface area (Å²) in [5.74, 6) is 2.26. The zero-order chi connectivity index (χ0) is 12.1. The summed E-state index contributed by atoms with van der Waals surface area (Å²) in [7, 11) is 0. The van der Waals surface area contributed by atoms with Crippen molar-refractivity contribution >= 4 is 18.5 Å². The van der Waals surface area contributed by atoms with Gasteiger partial charge in [0.25, 0.3) is 0 Å². The lowest BCUT2D eigenvalue weighted by atomic mass is 10.1. The molecule has 1 aliphatic heterocycles. The number of benzene rings is 1. The van der Waals surface area contributed by atoms with E-state index in [9.17, 15) is 4.79 Å². The first-order valence-corrected chi connectivity index (χ1v) is 6.49. The van der Waals surface area contributed by atoms with Crippen LogP contribution in [0.3, 0.4) is 0 Å². The molecule has 1 unspecified atom stereocenters. The molecule has 4 heteroatoms. The van der Waals surface area contributed by atoms with Gasteiger partial charge in [0, 0.05) is 13.0 Å². The molecule has 1 heterocycles. The second-order valence-corrected chi connectivity index (χ2v) is 4.62. The smallest absolute Gasteiger partial charge is 0.223 e. The fourth-order valence-corrected chi connectivity index (χ4v) is 2.23. The summed E-state index contributed by atoms with van der Waals surface area (Å²) in [5.41, 5.74) is 0. The first-order valence-electron chi connectivity index (χ1n) is 5.86. The van der Waals surface area contributed by atoms with E-state index in [2.05, 4.69) is 12.6 Å².